The molecule has 0 saturated heterocycles. The highest BCUT2D eigenvalue weighted by molar-refractivity contribution is 5.82. The number of anilines is 1. The van der Waals surface area contributed by atoms with Gasteiger partial charge in [-0.05, 0) is 17.5 Å². The highest BCUT2D eigenvalue weighted by Gasteiger charge is 2.05. The molecule has 0 unspecified atom stereocenters. The summed E-state index contributed by atoms with van der Waals surface area (Å²) in [6.07, 6.45) is 2.62. The van der Waals surface area contributed by atoms with E-state index >= 15 is 0 Å². The smallest absolute Gasteiger partial charge is 0.153 e. The molecule has 1 N–H and O–H groups in total. The van der Waals surface area contributed by atoms with Gasteiger partial charge >= 0.3 is 0 Å². The van der Waals surface area contributed by atoms with Gasteiger partial charge < -0.3 is 5.32 Å². The topological polar surface area (TPSA) is 42.0 Å². The summed E-state index contributed by atoms with van der Waals surface area (Å²) in [5.41, 5.74) is 1.70. The Labute approximate surface area is 78.2 Å². The standard InChI is InChI=1S/C10H14N2O/c1-7(2)8-4-9(6-13)10(11-3)12-5-8/h4-7H,1-3H3,(H,11,12). The lowest BCUT2D eigenvalue weighted by atomic mass is 10.0. The summed E-state index contributed by atoms with van der Waals surface area (Å²) >= 11 is 0. The van der Waals surface area contributed by atoms with Crippen molar-refractivity contribution in [3.05, 3.63) is 23.4 Å². The van der Waals surface area contributed by atoms with Gasteiger partial charge in [-0.25, -0.2) is 4.98 Å². The molecule has 0 fully saturated rings. The third-order valence-corrected chi connectivity index (χ3v) is 1.97. The molecule has 0 spiro atoms. The first-order valence-corrected chi connectivity index (χ1v) is 4.32. The monoisotopic (exact) mass is 178 g/mol. The molecule has 0 aliphatic heterocycles. The van der Waals surface area contributed by atoms with E-state index in [-0.39, 0.29) is 0 Å². The van der Waals surface area contributed by atoms with Gasteiger partial charge in [-0.1, -0.05) is 13.8 Å². The van der Waals surface area contributed by atoms with Gasteiger partial charge in [0, 0.05) is 13.2 Å². The molecule has 0 aromatic carbocycles. The van der Waals surface area contributed by atoms with Crippen LogP contribution in [-0.4, -0.2) is 18.3 Å². The molecule has 13 heavy (non-hydrogen) atoms. The molecule has 1 heterocycles. The van der Waals surface area contributed by atoms with Crippen molar-refractivity contribution in [1.29, 1.82) is 0 Å². The third kappa shape index (κ3) is 2.05. The largest absolute Gasteiger partial charge is 0.373 e. The maximum atomic E-state index is 10.7. The molecule has 3 heteroatoms. The summed E-state index contributed by atoms with van der Waals surface area (Å²) in [4.78, 5) is 14.8. The fourth-order valence-electron chi connectivity index (χ4n) is 1.11. The number of aromatic nitrogens is 1. The number of nitrogens with zero attached hydrogens (tertiary/aromatic N) is 1. The van der Waals surface area contributed by atoms with Gasteiger partial charge in [0.25, 0.3) is 0 Å². The number of aldehydes is 1. The van der Waals surface area contributed by atoms with Gasteiger partial charge in [-0.2, -0.15) is 0 Å². The second-order valence-electron chi connectivity index (χ2n) is 3.23. The van der Waals surface area contributed by atoms with E-state index < -0.39 is 0 Å². The lowest BCUT2D eigenvalue weighted by Crippen LogP contribution is -2.00. The highest BCUT2D eigenvalue weighted by Crippen LogP contribution is 2.17. The maximum absolute atomic E-state index is 10.7. The lowest BCUT2D eigenvalue weighted by molar-refractivity contribution is 0.112. The van der Waals surface area contributed by atoms with E-state index in [1.54, 1.807) is 13.2 Å². The first-order valence-electron chi connectivity index (χ1n) is 4.32. The van der Waals surface area contributed by atoms with Crippen LogP contribution in [0.1, 0.15) is 35.7 Å². The maximum Gasteiger partial charge on any atom is 0.153 e. The van der Waals surface area contributed by atoms with Gasteiger partial charge in [0.2, 0.25) is 0 Å². The number of carbonyl (C=O) groups is 1. The molecule has 0 bridgehead atoms. The number of hydrogen-bond donors (Lipinski definition) is 1. The van der Waals surface area contributed by atoms with Crippen LogP contribution >= 0.6 is 0 Å². The number of nitrogens with one attached hydrogen (secondary N) is 1. The zero-order valence-corrected chi connectivity index (χ0v) is 8.16. The third-order valence-electron chi connectivity index (χ3n) is 1.97. The van der Waals surface area contributed by atoms with Gasteiger partial charge in [-0.15, -0.1) is 0 Å². The molecule has 0 radical (unpaired) electrons. The Kier molecular flexibility index (Phi) is 3.01. The first kappa shape index (κ1) is 9.71. The Morgan fingerprint density at radius 2 is 2.23 bits per heavy atom. The van der Waals surface area contributed by atoms with Crippen LogP contribution < -0.4 is 5.32 Å². The van der Waals surface area contributed by atoms with Crippen molar-refractivity contribution in [3.63, 3.8) is 0 Å². The van der Waals surface area contributed by atoms with E-state index in [0.29, 0.717) is 17.3 Å². The summed E-state index contributed by atoms with van der Waals surface area (Å²) in [5.74, 6) is 1.04. The van der Waals surface area contributed by atoms with E-state index in [9.17, 15) is 4.79 Å². The number of carbonyl (C=O) groups excluding carboxylic acids is 1. The number of rotatable bonds is 3. The average molecular weight is 178 g/mol. The highest BCUT2D eigenvalue weighted by atomic mass is 16.1. The molecule has 0 amide bonds. The van der Waals surface area contributed by atoms with Crippen LogP contribution in [0.15, 0.2) is 12.3 Å². The van der Waals surface area contributed by atoms with Crippen molar-refractivity contribution in [2.75, 3.05) is 12.4 Å². The SMILES string of the molecule is CNc1ncc(C(C)C)cc1C=O. The van der Waals surface area contributed by atoms with Crippen molar-refractivity contribution in [3.8, 4) is 0 Å². The summed E-state index contributed by atoms with van der Waals surface area (Å²) in [5, 5.41) is 2.87. The molecule has 0 saturated carbocycles. The predicted octanol–water partition coefficient (Wildman–Crippen LogP) is 2.06. The van der Waals surface area contributed by atoms with Crippen molar-refractivity contribution < 1.29 is 4.79 Å². The fraction of sp³-hybridized carbons (Fsp3) is 0.400. The quantitative estimate of drug-likeness (QED) is 0.720. The zero-order valence-electron chi connectivity index (χ0n) is 8.16. The van der Waals surface area contributed by atoms with Crippen molar-refractivity contribution in [1.82, 2.24) is 4.98 Å². The first-order chi connectivity index (χ1) is 6.19. The molecule has 0 aliphatic rings. The van der Waals surface area contributed by atoms with E-state index in [0.717, 1.165) is 11.8 Å². The van der Waals surface area contributed by atoms with Gasteiger partial charge in [0.1, 0.15) is 5.82 Å². The molecule has 3 nitrogen and oxygen atoms in total. The van der Waals surface area contributed by atoms with Crippen LogP contribution in [0, 0.1) is 0 Å². The summed E-state index contributed by atoms with van der Waals surface area (Å²) in [6, 6.07) is 1.87. The predicted molar refractivity (Wildman–Crippen MR) is 53.3 cm³/mol. The van der Waals surface area contributed by atoms with Crippen LogP contribution in [0.3, 0.4) is 0 Å². The van der Waals surface area contributed by atoms with Crippen molar-refractivity contribution >= 4 is 12.1 Å². The van der Waals surface area contributed by atoms with Crippen LogP contribution in [0.4, 0.5) is 5.82 Å². The fourth-order valence-corrected chi connectivity index (χ4v) is 1.11. The molecular weight excluding hydrogens is 164 g/mol. The van der Waals surface area contributed by atoms with Gasteiger partial charge in [0.05, 0.1) is 5.56 Å². The molecule has 1 rings (SSSR count). The Morgan fingerprint density at radius 3 is 2.69 bits per heavy atom. The van der Waals surface area contributed by atoms with Crippen LogP contribution in [-0.2, 0) is 0 Å². The van der Waals surface area contributed by atoms with Crippen LogP contribution in [0.5, 0.6) is 0 Å². The van der Waals surface area contributed by atoms with Crippen LogP contribution in [0.25, 0.3) is 0 Å². The Bertz CT molecular complexity index is 308. The normalized spacial score (nSPS) is 10.2. The summed E-state index contributed by atoms with van der Waals surface area (Å²) < 4.78 is 0. The Morgan fingerprint density at radius 1 is 1.54 bits per heavy atom. The van der Waals surface area contributed by atoms with E-state index in [1.165, 1.54) is 0 Å². The Balaban J connectivity index is 3.13. The minimum absolute atomic E-state index is 0.400. The summed E-state index contributed by atoms with van der Waals surface area (Å²) in [7, 11) is 1.75. The lowest BCUT2D eigenvalue weighted by Gasteiger charge is -2.08. The Hall–Kier alpha value is -1.38. The van der Waals surface area contributed by atoms with E-state index in [2.05, 4.69) is 24.1 Å². The number of hydrogen-bond acceptors (Lipinski definition) is 3. The molecule has 70 valence electrons. The molecule has 0 aliphatic carbocycles. The van der Waals surface area contributed by atoms with Gasteiger partial charge in [0.15, 0.2) is 6.29 Å². The van der Waals surface area contributed by atoms with Crippen LogP contribution in [0.2, 0.25) is 0 Å². The minimum Gasteiger partial charge on any atom is -0.373 e. The summed E-state index contributed by atoms with van der Waals surface area (Å²) in [6.45, 7) is 4.15. The molecule has 0 atom stereocenters. The van der Waals surface area contributed by atoms with Gasteiger partial charge in [-0.3, -0.25) is 4.79 Å². The molecular formula is C10H14N2O. The van der Waals surface area contributed by atoms with E-state index in [4.69, 9.17) is 0 Å². The second-order valence-corrected chi connectivity index (χ2v) is 3.23. The average Bonchev–Trinajstić information content (AvgIpc) is 2.16. The van der Waals surface area contributed by atoms with Crippen molar-refractivity contribution in [2.45, 2.75) is 19.8 Å². The minimum atomic E-state index is 0.400. The molecule has 1 aromatic heterocycles. The number of pyridine rings is 1. The zero-order chi connectivity index (χ0) is 9.84. The van der Waals surface area contributed by atoms with Crippen molar-refractivity contribution in [2.24, 2.45) is 0 Å². The van der Waals surface area contributed by atoms with E-state index in [1.807, 2.05) is 6.07 Å². The molecule has 1 aromatic rings. The second kappa shape index (κ2) is 4.03.